The van der Waals surface area contributed by atoms with Gasteiger partial charge in [0.05, 0.1) is 10.9 Å². The maximum absolute atomic E-state index is 12.0. The van der Waals surface area contributed by atoms with Crippen molar-refractivity contribution in [2.24, 2.45) is 5.14 Å². The van der Waals surface area contributed by atoms with E-state index < -0.39 is 10.0 Å². The summed E-state index contributed by atoms with van der Waals surface area (Å²) in [5.41, 5.74) is 0.484. The third-order valence-corrected chi connectivity index (χ3v) is 5.29. The first-order valence-corrected chi connectivity index (χ1v) is 9.57. The average molecular weight is 368 g/mol. The minimum atomic E-state index is -3.74. The quantitative estimate of drug-likeness (QED) is 0.723. The van der Waals surface area contributed by atoms with Crippen LogP contribution in [0.1, 0.15) is 10.9 Å². The topological polar surface area (TPSA) is 105 Å². The van der Waals surface area contributed by atoms with E-state index in [0.29, 0.717) is 12.2 Å². The van der Waals surface area contributed by atoms with Gasteiger partial charge in [-0.1, -0.05) is 6.07 Å². The van der Waals surface area contributed by atoms with Gasteiger partial charge in [-0.25, -0.2) is 18.4 Å². The van der Waals surface area contributed by atoms with Gasteiger partial charge in [0.2, 0.25) is 10.0 Å². The molecule has 0 saturated carbocycles. The predicted molar refractivity (Wildman–Crippen MR) is 95.6 cm³/mol. The van der Waals surface area contributed by atoms with Crippen molar-refractivity contribution < 1.29 is 13.2 Å². The minimum Gasteiger partial charge on any atom is -0.336 e. The summed E-state index contributed by atoms with van der Waals surface area (Å²) >= 11 is 1.64. The lowest BCUT2D eigenvalue weighted by Crippen LogP contribution is -2.36. The standard InChI is InChI=1S/C15H20N4O3S2/c1-19(2)13(14-4-3-9-23-14)10-17-15(20)18-11-5-7-12(8-6-11)24(16,21)22/h3-9,13H,10H2,1-2H3,(H2,16,21,22)(H2,17,18,20). The number of sulfonamides is 1. The summed E-state index contributed by atoms with van der Waals surface area (Å²) in [6.07, 6.45) is 0. The van der Waals surface area contributed by atoms with Gasteiger partial charge in [0.15, 0.2) is 0 Å². The van der Waals surface area contributed by atoms with E-state index in [0.717, 1.165) is 4.88 Å². The van der Waals surface area contributed by atoms with Gasteiger partial charge in [-0.2, -0.15) is 0 Å². The summed E-state index contributed by atoms with van der Waals surface area (Å²) in [6.45, 7) is 0.453. The number of amides is 2. The molecule has 1 aromatic carbocycles. The highest BCUT2D eigenvalue weighted by molar-refractivity contribution is 7.89. The molecule has 1 aromatic heterocycles. The largest absolute Gasteiger partial charge is 0.336 e. The molecule has 4 N–H and O–H groups in total. The Bertz CT molecular complexity index is 772. The number of nitrogens with two attached hydrogens (primary N) is 1. The number of carbonyl (C=O) groups excluding carboxylic acids is 1. The molecule has 7 nitrogen and oxygen atoms in total. The number of benzene rings is 1. The number of hydrogen-bond acceptors (Lipinski definition) is 5. The Morgan fingerprint density at radius 3 is 2.42 bits per heavy atom. The second-order valence-corrected chi connectivity index (χ2v) is 7.94. The zero-order valence-corrected chi connectivity index (χ0v) is 15.0. The number of nitrogens with zero attached hydrogens (tertiary/aromatic N) is 1. The van der Waals surface area contributed by atoms with E-state index in [1.807, 2.05) is 36.5 Å². The molecule has 0 saturated heterocycles. The number of carbonyl (C=O) groups is 1. The van der Waals surface area contributed by atoms with Crippen molar-refractivity contribution in [1.29, 1.82) is 0 Å². The molecule has 24 heavy (non-hydrogen) atoms. The molecular weight excluding hydrogens is 348 g/mol. The fourth-order valence-electron chi connectivity index (χ4n) is 2.11. The van der Waals surface area contributed by atoms with Gasteiger partial charge in [0.1, 0.15) is 0 Å². The summed E-state index contributed by atoms with van der Waals surface area (Å²) in [6, 6.07) is 9.40. The lowest BCUT2D eigenvalue weighted by molar-refractivity contribution is 0.244. The summed E-state index contributed by atoms with van der Waals surface area (Å²) in [4.78, 5) is 15.2. The van der Waals surface area contributed by atoms with Gasteiger partial charge >= 0.3 is 6.03 Å². The van der Waals surface area contributed by atoms with Crippen molar-refractivity contribution in [1.82, 2.24) is 10.2 Å². The Labute approximate surface area is 145 Å². The molecule has 0 aliphatic carbocycles. The Balaban J connectivity index is 1.93. The van der Waals surface area contributed by atoms with E-state index in [-0.39, 0.29) is 17.0 Å². The fourth-order valence-corrected chi connectivity index (χ4v) is 3.55. The van der Waals surface area contributed by atoms with E-state index in [9.17, 15) is 13.2 Å². The molecule has 0 aliphatic rings. The zero-order chi connectivity index (χ0) is 17.7. The summed E-state index contributed by atoms with van der Waals surface area (Å²) in [5, 5.41) is 12.5. The van der Waals surface area contributed by atoms with Crippen LogP contribution in [0.5, 0.6) is 0 Å². The highest BCUT2D eigenvalue weighted by atomic mass is 32.2. The molecule has 0 aliphatic heterocycles. The molecule has 1 atom stereocenters. The highest BCUT2D eigenvalue weighted by Gasteiger charge is 2.16. The van der Waals surface area contributed by atoms with Crippen LogP contribution in [-0.2, 0) is 10.0 Å². The first-order chi connectivity index (χ1) is 11.3. The van der Waals surface area contributed by atoms with Crippen molar-refractivity contribution in [3.05, 3.63) is 46.7 Å². The molecule has 2 aromatic rings. The maximum atomic E-state index is 12.0. The summed E-state index contributed by atoms with van der Waals surface area (Å²) in [5.74, 6) is 0. The molecule has 1 unspecified atom stereocenters. The van der Waals surface area contributed by atoms with Gasteiger partial charge in [0, 0.05) is 17.1 Å². The van der Waals surface area contributed by atoms with Crippen molar-refractivity contribution in [2.75, 3.05) is 26.0 Å². The third-order valence-electron chi connectivity index (χ3n) is 3.39. The summed E-state index contributed by atoms with van der Waals surface area (Å²) in [7, 11) is 0.172. The number of urea groups is 1. The van der Waals surface area contributed by atoms with Crippen molar-refractivity contribution in [3.8, 4) is 0 Å². The molecule has 9 heteroatoms. The molecule has 0 fully saturated rings. The van der Waals surface area contributed by atoms with Crippen LogP contribution < -0.4 is 15.8 Å². The number of hydrogen-bond donors (Lipinski definition) is 3. The van der Waals surface area contributed by atoms with Crippen molar-refractivity contribution >= 4 is 33.1 Å². The second kappa shape index (κ2) is 7.75. The molecule has 0 spiro atoms. The van der Waals surface area contributed by atoms with E-state index in [2.05, 4.69) is 10.6 Å². The van der Waals surface area contributed by atoms with Gasteiger partial charge in [-0.05, 0) is 49.8 Å². The normalized spacial score (nSPS) is 12.8. The number of primary sulfonamides is 1. The first-order valence-electron chi connectivity index (χ1n) is 7.15. The number of nitrogens with one attached hydrogen (secondary N) is 2. The smallest absolute Gasteiger partial charge is 0.319 e. The van der Waals surface area contributed by atoms with Crippen LogP contribution in [-0.4, -0.2) is 40.0 Å². The molecular formula is C15H20N4O3S2. The SMILES string of the molecule is CN(C)C(CNC(=O)Nc1ccc(S(N)(=O)=O)cc1)c1cccs1. The minimum absolute atomic E-state index is 0.00109. The Hall–Kier alpha value is -1.94. The van der Waals surface area contributed by atoms with Crippen LogP contribution in [0.3, 0.4) is 0 Å². The van der Waals surface area contributed by atoms with E-state index in [4.69, 9.17) is 5.14 Å². The molecule has 130 valence electrons. The Kier molecular flexibility index (Phi) is 5.94. The fraction of sp³-hybridized carbons (Fsp3) is 0.267. The van der Waals surface area contributed by atoms with Crippen LogP contribution in [0.25, 0.3) is 0 Å². The lowest BCUT2D eigenvalue weighted by Gasteiger charge is -2.23. The molecule has 0 bridgehead atoms. The molecule has 1 heterocycles. The predicted octanol–water partition coefficient (Wildman–Crippen LogP) is 1.82. The Morgan fingerprint density at radius 1 is 1.25 bits per heavy atom. The van der Waals surface area contributed by atoms with Crippen molar-refractivity contribution in [2.45, 2.75) is 10.9 Å². The van der Waals surface area contributed by atoms with Crippen LogP contribution in [0.2, 0.25) is 0 Å². The van der Waals surface area contributed by atoms with Crippen molar-refractivity contribution in [3.63, 3.8) is 0 Å². The lowest BCUT2D eigenvalue weighted by atomic mass is 10.2. The van der Waals surface area contributed by atoms with Crippen LogP contribution in [0.15, 0.2) is 46.7 Å². The average Bonchev–Trinajstić information content (AvgIpc) is 3.00. The summed E-state index contributed by atoms with van der Waals surface area (Å²) < 4.78 is 22.4. The maximum Gasteiger partial charge on any atom is 0.319 e. The highest BCUT2D eigenvalue weighted by Crippen LogP contribution is 2.22. The van der Waals surface area contributed by atoms with E-state index in [1.165, 1.54) is 24.3 Å². The molecule has 0 radical (unpaired) electrons. The number of anilines is 1. The van der Waals surface area contributed by atoms with Crippen LogP contribution in [0, 0.1) is 0 Å². The van der Waals surface area contributed by atoms with Gasteiger partial charge in [0.25, 0.3) is 0 Å². The number of likely N-dealkylation sites (N-methyl/N-ethyl adjacent to an activating group) is 1. The molecule has 2 amide bonds. The molecule has 2 rings (SSSR count). The van der Waals surface area contributed by atoms with E-state index in [1.54, 1.807) is 11.3 Å². The van der Waals surface area contributed by atoms with Gasteiger partial charge in [-0.3, -0.25) is 0 Å². The van der Waals surface area contributed by atoms with Crippen LogP contribution >= 0.6 is 11.3 Å². The second-order valence-electron chi connectivity index (χ2n) is 5.40. The number of thiophene rings is 1. The first kappa shape index (κ1) is 18.4. The van der Waals surface area contributed by atoms with Crippen LogP contribution in [0.4, 0.5) is 10.5 Å². The Morgan fingerprint density at radius 2 is 1.92 bits per heavy atom. The monoisotopic (exact) mass is 368 g/mol. The van der Waals surface area contributed by atoms with Gasteiger partial charge in [-0.15, -0.1) is 11.3 Å². The number of rotatable bonds is 6. The van der Waals surface area contributed by atoms with E-state index >= 15 is 0 Å². The third kappa shape index (κ3) is 5.03. The zero-order valence-electron chi connectivity index (χ0n) is 13.4. The van der Waals surface area contributed by atoms with Gasteiger partial charge < -0.3 is 15.5 Å².